The summed E-state index contributed by atoms with van der Waals surface area (Å²) in [6.45, 7) is 7.40. The van der Waals surface area contributed by atoms with Gasteiger partial charge in [0.2, 0.25) is 0 Å². The Hall–Kier alpha value is -0.120. The molecule has 2 saturated heterocycles. The van der Waals surface area contributed by atoms with E-state index in [-0.39, 0.29) is 0 Å². The van der Waals surface area contributed by atoms with Crippen molar-refractivity contribution in [3.05, 3.63) is 0 Å². The van der Waals surface area contributed by atoms with E-state index in [0.29, 0.717) is 5.54 Å². The van der Waals surface area contributed by atoms with Gasteiger partial charge in [-0.1, -0.05) is 13.3 Å². The Labute approximate surface area is 113 Å². The summed E-state index contributed by atoms with van der Waals surface area (Å²) in [6, 6.07) is 0.805. The van der Waals surface area contributed by atoms with Crippen LogP contribution in [-0.2, 0) is 0 Å². The second kappa shape index (κ2) is 6.36. The maximum Gasteiger partial charge on any atom is 0.0309 e. The zero-order valence-electron chi connectivity index (χ0n) is 12.5. The minimum Gasteiger partial charge on any atom is -0.310 e. The Morgan fingerprint density at radius 1 is 1.28 bits per heavy atom. The summed E-state index contributed by atoms with van der Waals surface area (Å²) in [7, 11) is 4.44. The molecule has 0 aromatic rings. The van der Waals surface area contributed by atoms with Crippen molar-refractivity contribution >= 4 is 0 Å². The summed E-state index contributed by atoms with van der Waals surface area (Å²) < 4.78 is 0. The third-order valence-electron chi connectivity index (χ3n) is 4.87. The van der Waals surface area contributed by atoms with Crippen molar-refractivity contribution in [2.75, 3.05) is 40.3 Å². The zero-order chi connectivity index (χ0) is 13.0. The summed E-state index contributed by atoms with van der Waals surface area (Å²) in [5, 5.41) is 3.80. The lowest BCUT2D eigenvalue weighted by Gasteiger charge is -2.40. The Balaban J connectivity index is 1.82. The molecule has 1 unspecified atom stereocenters. The van der Waals surface area contributed by atoms with Crippen LogP contribution in [0.25, 0.3) is 0 Å². The van der Waals surface area contributed by atoms with E-state index in [1.165, 1.54) is 64.7 Å². The van der Waals surface area contributed by atoms with E-state index in [9.17, 15) is 0 Å². The molecule has 18 heavy (non-hydrogen) atoms. The molecule has 2 aliphatic heterocycles. The minimum absolute atomic E-state index is 0.444. The second-order valence-corrected chi connectivity index (χ2v) is 6.53. The molecular formula is C15H31N3. The monoisotopic (exact) mass is 253 g/mol. The van der Waals surface area contributed by atoms with Gasteiger partial charge in [-0.05, 0) is 65.8 Å². The Morgan fingerprint density at radius 2 is 2.00 bits per heavy atom. The average molecular weight is 253 g/mol. The summed E-state index contributed by atoms with van der Waals surface area (Å²) in [4.78, 5) is 5.10. The van der Waals surface area contributed by atoms with Crippen molar-refractivity contribution in [1.82, 2.24) is 15.1 Å². The highest BCUT2D eigenvalue weighted by Crippen LogP contribution is 2.27. The smallest absolute Gasteiger partial charge is 0.0309 e. The number of nitrogens with zero attached hydrogens (tertiary/aromatic N) is 2. The molecule has 106 valence electrons. The van der Waals surface area contributed by atoms with Gasteiger partial charge in [0.1, 0.15) is 0 Å². The molecular weight excluding hydrogens is 222 g/mol. The minimum atomic E-state index is 0.444. The van der Waals surface area contributed by atoms with Gasteiger partial charge in [-0.3, -0.25) is 0 Å². The van der Waals surface area contributed by atoms with E-state index in [0.717, 1.165) is 6.04 Å². The van der Waals surface area contributed by atoms with Gasteiger partial charge < -0.3 is 15.1 Å². The van der Waals surface area contributed by atoms with Crippen LogP contribution in [0.5, 0.6) is 0 Å². The second-order valence-electron chi connectivity index (χ2n) is 6.53. The molecule has 0 aliphatic carbocycles. The molecule has 0 saturated carbocycles. The number of nitrogens with one attached hydrogen (secondary N) is 1. The van der Waals surface area contributed by atoms with Crippen LogP contribution in [0.3, 0.4) is 0 Å². The third kappa shape index (κ3) is 3.46. The normalized spacial score (nSPS) is 31.3. The first-order valence-electron chi connectivity index (χ1n) is 7.79. The van der Waals surface area contributed by atoms with Crippen molar-refractivity contribution in [3.8, 4) is 0 Å². The Kier molecular flexibility index (Phi) is 5.05. The van der Waals surface area contributed by atoms with Crippen LogP contribution in [0.4, 0.5) is 0 Å². The molecule has 0 spiro atoms. The molecule has 1 N–H and O–H groups in total. The first kappa shape index (κ1) is 14.3. The Morgan fingerprint density at radius 3 is 2.50 bits per heavy atom. The molecule has 0 bridgehead atoms. The van der Waals surface area contributed by atoms with Gasteiger partial charge in [0.15, 0.2) is 0 Å². The quantitative estimate of drug-likeness (QED) is 0.808. The first-order chi connectivity index (χ1) is 8.65. The maximum absolute atomic E-state index is 3.80. The van der Waals surface area contributed by atoms with Crippen LogP contribution in [-0.4, -0.2) is 61.7 Å². The predicted molar refractivity (Wildman–Crippen MR) is 78.0 cm³/mol. The number of hydrogen-bond acceptors (Lipinski definition) is 3. The van der Waals surface area contributed by atoms with Gasteiger partial charge in [0.05, 0.1) is 0 Å². The molecule has 0 aromatic carbocycles. The van der Waals surface area contributed by atoms with Crippen LogP contribution in [0, 0.1) is 0 Å². The zero-order valence-corrected chi connectivity index (χ0v) is 12.5. The van der Waals surface area contributed by atoms with Crippen LogP contribution in [0.2, 0.25) is 0 Å². The lowest BCUT2D eigenvalue weighted by atomic mass is 9.90. The van der Waals surface area contributed by atoms with E-state index < -0.39 is 0 Å². The molecule has 2 aliphatic rings. The summed E-state index contributed by atoms with van der Waals surface area (Å²) in [6.07, 6.45) is 8.09. The number of piperidine rings is 1. The van der Waals surface area contributed by atoms with Crippen molar-refractivity contribution in [1.29, 1.82) is 0 Å². The molecule has 2 fully saturated rings. The molecule has 2 heterocycles. The van der Waals surface area contributed by atoms with Gasteiger partial charge in [-0.25, -0.2) is 0 Å². The summed E-state index contributed by atoms with van der Waals surface area (Å²) in [5.41, 5.74) is 0.444. The molecule has 3 heteroatoms. The first-order valence-corrected chi connectivity index (χ1v) is 7.79. The standard InChI is InChI=1S/C15H31N3/c1-4-8-15(9-5-10-16-15)13-18-11-6-14(7-12-18)17(2)3/h14,16H,4-13H2,1-3H3. The number of hydrogen-bond donors (Lipinski definition) is 1. The van der Waals surface area contributed by atoms with E-state index in [4.69, 9.17) is 0 Å². The van der Waals surface area contributed by atoms with E-state index >= 15 is 0 Å². The molecule has 0 aromatic heterocycles. The van der Waals surface area contributed by atoms with Gasteiger partial charge in [0.25, 0.3) is 0 Å². The highest BCUT2D eigenvalue weighted by Gasteiger charge is 2.35. The summed E-state index contributed by atoms with van der Waals surface area (Å²) in [5.74, 6) is 0. The van der Waals surface area contributed by atoms with Crippen molar-refractivity contribution in [2.24, 2.45) is 0 Å². The van der Waals surface area contributed by atoms with Crippen molar-refractivity contribution in [2.45, 2.75) is 57.0 Å². The largest absolute Gasteiger partial charge is 0.310 e. The molecule has 3 nitrogen and oxygen atoms in total. The van der Waals surface area contributed by atoms with E-state index in [2.05, 4.69) is 36.1 Å². The molecule has 0 radical (unpaired) electrons. The van der Waals surface area contributed by atoms with E-state index in [1.807, 2.05) is 0 Å². The van der Waals surface area contributed by atoms with Crippen molar-refractivity contribution < 1.29 is 0 Å². The Bertz CT molecular complexity index is 238. The highest BCUT2D eigenvalue weighted by atomic mass is 15.2. The maximum atomic E-state index is 3.80. The van der Waals surface area contributed by atoms with E-state index in [1.54, 1.807) is 0 Å². The van der Waals surface area contributed by atoms with Gasteiger partial charge >= 0.3 is 0 Å². The lowest BCUT2D eigenvalue weighted by Crippen LogP contribution is -2.53. The molecule has 0 amide bonds. The molecule has 2 rings (SSSR count). The average Bonchev–Trinajstić information content (AvgIpc) is 2.79. The van der Waals surface area contributed by atoms with Gasteiger partial charge in [-0.2, -0.15) is 0 Å². The fourth-order valence-electron chi connectivity index (χ4n) is 3.80. The number of likely N-dealkylation sites (tertiary alicyclic amines) is 1. The van der Waals surface area contributed by atoms with Crippen molar-refractivity contribution in [3.63, 3.8) is 0 Å². The summed E-state index contributed by atoms with van der Waals surface area (Å²) >= 11 is 0. The number of rotatable bonds is 5. The van der Waals surface area contributed by atoms with Crippen LogP contribution in [0.1, 0.15) is 45.4 Å². The predicted octanol–water partition coefficient (Wildman–Crippen LogP) is 1.93. The van der Waals surface area contributed by atoms with Crippen LogP contribution in [0.15, 0.2) is 0 Å². The van der Waals surface area contributed by atoms with Crippen LogP contribution < -0.4 is 5.32 Å². The lowest BCUT2D eigenvalue weighted by molar-refractivity contribution is 0.113. The fourth-order valence-corrected chi connectivity index (χ4v) is 3.80. The van der Waals surface area contributed by atoms with Crippen LogP contribution >= 0.6 is 0 Å². The highest BCUT2D eigenvalue weighted by molar-refractivity contribution is 4.96. The van der Waals surface area contributed by atoms with Gasteiger partial charge in [-0.15, -0.1) is 0 Å². The third-order valence-corrected chi connectivity index (χ3v) is 4.87. The van der Waals surface area contributed by atoms with Gasteiger partial charge in [0, 0.05) is 18.1 Å². The fraction of sp³-hybridized carbons (Fsp3) is 1.00. The molecule has 1 atom stereocenters. The SMILES string of the molecule is CCCC1(CN2CCC(N(C)C)CC2)CCCN1. The topological polar surface area (TPSA) is 18.5 Å².